The number of nitrogens with one attached hydrogen (secondary N) is 1. The molecule has 0 atom stereocenters. The maximum atomic E-state index is 5.30. The van der Waals surface area contributed by atoms with Crippen LogP contribution in [0.3, 0.4) is 0 Å². The zero-order chi connectivity index (χ0) is 12.3. The molecule has 0 saturated heterocycles. The molecule has 0 amide bonds. The van der Waals surface area contributed by atoms with Crippen LogP contribution < -0.4 is 16.2 Å². The Balaban J connectivity index is 2.20. The van der Waals surface area contributed by atoms with Crippen LogP contribution in [0, 0.1) is 6.92 Å². The van der Waals surface area contributed by atoms with Crippen molar-refractivity contribution in [3.63, 3.8) is 0 Å². The highest BCUT2D eigenvalue weighted by Gasteiger charge is 2.10. The van der Waals surface area contributed by atoms with Crippen molar-refractivity contribution in [1.29, 1.82) is 0 Å². The molecule has 6 nitrogen and oxygen atoms in total. The number of hydrogen-bond acceptors (Lipinski definition) is 6. The van der Waals surface area contributed by atoms with Crippen LogP contribution in [-0.2, 0) is 6.54 Å². The fraction of sp³-hybridized carbons (Fsp3) is 0.273. The summed E-state index contributed by atoms with van der Waals surface area (Å²) in [6, 6.07) is 3.79. The van der Waals surface area contributed by atoms with Crippen molar-refractivity contribution in [3.8, 4) is 0 Å². The summed E-state index contributed by atoms with van der Waals surface area (Å²) < 4.78 is 5.30. The lowest BCUT2D eigenvalue weighted by molar-refractivity contribution is 0.507. The average Bonchev–Trinajstić information content (AvgIpc) is 2.82. The first kappa shape index (κ1) is 11.4. The van der Waals surface area contributed by atoms with Crippen LogP contribution in [0.25, 0.3) is 0 Å². The molecule has 0 spiro atoms. The lowest BCUT2D eigenvalue weighted by Crippen LogP contribution is -2.20. The third kappa shape index (κ3) is 2.54. The van der Waals surface area contributed by atoms with Gasteiger partial charge >= 0.3 is 0 Å². The molecule has 17 heavy (non-hydrogen) atoms. The Morgan fingerprint density at radius 1 is 1.53 bits per heavy atom. The highest BCUT2D eigenvalue weighted by molar-refractivity contribution is 5.48. The second-order valence-corrected chi connectivity index (χ2v) is 3.78. The quantitative estimate of drug-likeness (QED) is 0.612. The third-order valence-corrected chi connectivity index (χ3v) is 2.41. The maximum Gasteiger partial charge on any atom is 0.239 e. The molecule has 90 valence electrons. The number of aromatic nitrogens is 2. The van der Waals surface area contributed by atoms with E-state index in [1.165, 1.54) is 0 Å². The molecule has 2 aromatic rings. The Kier molecular flexibility index (Phi) is 3.24. The fourth-order valence-corrected chi connectivity index (χ4v) is 1.60. The van der Waals surface area contributed by atoms with Crippen molar-refractivity contribution in [1.82, 2.24) is 9.97 Å². The minimum atomic E-state index is 0.400. The molecule has 0 saturated carbocycles. The summed E-state index contributed by atoms with van der Waals surface area (Å²) in [5, 5.41) is 0. The standard InChI is InChI=1S/C11H15N5O/c1-8-6-13-11(15-12)14-10(8)16(2)7-9-4-3-5-17-9/h3-6H,7,12H2,1-2H3,(H,13,14,15). The first-order chi connectivity index (χ1) is 8.20. The summed E-state index contributed by atoms with van der Waals surface area (Å²) in [5.41, 5.74) is 3.42. The second-order valence-electron chi connectivity index (χ2n) is 3.78. The van der Waals surface area contributed by atoms with Crippen LogP contribution in [0.5, 0.6) is 0 Å². The Labute approximate surface area is 99.4 Å². The Morgan fingerprint density at radius 2 is 2.35 bits per heavy atom. The van der Waals surface area contributed by atoms with E-state index < -0.39 is 0 Å². The Bertz CT molecular complexity index is 483. The molecule has 0 fully saturated rings. The van der Waals surface area contributed by atoms with Crippen LogP contribution in [0.4, 0.5) is 11.8 Å². The van der Waals surface area contributed by atoms with Crippen molar-refractivity contribution in [2.75, 3.05) is 17.4 Å². The normalized spacial score (nSPS) is 10.3. The van der Waals surface area contributed by atoms with E-state index in [2.05, 4.69) is 15.4 Å². The largest absolute Gasteiger partial charge is 0.467 e. The Hall–Kier alpha value is -2.08. The second kappa shape index (κ2) is 4.84. The molecule has 0 radical (unpaired) electrons. The number of nitrogens with two attached hydrogens (primary N) is 1. The molecule has 0 aliphatic heterocycles. The monoisotopic (exact) mass is 233 g/mol. The van der Waals surface area contributed by atoms with Crippen molar-refractivity contribution in [2.24, 2.45) is 5.84 Å². The van der Waals surface area contributed by atoms with Crippen molar-refractivity contribution in [2.45, 2.75) is 13.5 Å². The molecule has 0 aliphatic carbocycles. The van der Waals surface area contributed by atoms with Gasteiger partial charge in [-0.05, 0) is 19.1 Å². The smallest absolute Gasteiger partial charge is 0.239 e. The molecule has 2 heterocycles. The summed E-state index contributed by atoms with van der Waals surface area (Å²) in [4.78, 5) is 10.3. The van der Waals surface area contributed by atoms with E-state index in [0.29, 0.717) is 12.5 Å². The Morgan fingerprint density at radius 3 is 3.00 bits per heavy atom. The van der Waals surface area contributed by atoms with E-state index in [1.807, 2.05) is 31.0 Å². The van der Waals surface area contributed by atoms with Gasteiger partial charge in [-0.15, -0.1) is 0 Å². The first-order valence-corrected chi connectivity index (χ1v) is 5.24. The molecule has 0 aliphatic rings. The van der Waals surface area contributed by atoms with Gasteiger partial charge in [0, 0.05) is 18.8 Å². The molecule has 6 heteroatoms. The van der Waals surface area contributed by atoms with Crippen molar-refractivity contribution < 1.29 is 4.42 Å². The number of anilines is 2. The average molecular weight is 233 g/mol. The predicted molar refractivity (Wildman–Crippen MR) is 65.4 cm³/mol. The van der Waals surface area contributed by atoms with E-state index in [-0.39, 0.29) is 0 Å². The van der Waals surface area contributed by atoms with E-state index in [1.54, 1.807) is 12.5 Å². The van der Waals surface area contributed by atoms with Crippen LogP contribution in [0.15, 0.2) is 29.0 Å². The fourth-order valence-electron chi connectivity index (χ4n) is 1.60. The summed E-state index contributed by atoms with van der Waals surface area (Å²) in [6.45, 7) is 2.60. The topological polar surface area (TPSA) is 80.2 Å². The molecule has 0 aromatic carbocycles. The highest BCUT2D eigenvalue weighted by Crippen LogP contribution is 2.18. The maximum absolute atomic E-state index is 5.30. The van der Waals surface area contributed by atoms with Gasteiger partial charge < -0.3 is 9.32 Å². The summed E-state index contributed by atoms with van der Waals surface area (Å²) >= 11 is 0. The van der Waals surface area contributed by atoms with Crippen LogP contribution in [0.2, 0.25) is 0 Å². The molecule has 2 aromatic heterocycles. The molecular weight excluding hydrogens is 218 g/mol. The lowest BCUT2D eigenvalue weighted by atomic mass is 10.3. The SMILES string of the molecule is Cc1cnc(NN)nc1N(C)Cc1ccco1. The number of hydrogen-bond donors (Lipinski definition) is 2. The molecule has 2 rings (SSSR count). The molecule has 0 unspecified atom stereocenters. The third-order valence-electron chi connectivity index (χ3n) is 2.41. The van der Waals surface area contributed by atoms with Gasteiger partial charge in [0.1, 0.15) is 11.6 Å². The van der Waals surface area contributed by atoms with Gasteiger partial charge in [-0.3, -0.25) is 5.43 Å². The van der Waals surface area contributed by atoms with Gasteiger partial charge in [0.05, 0.1) is 12.8 Å². The zero-order valence-electron chi connectivity index (χ0n) is 9.84. The van der Waals surface area contributed by atoms with E-state index in [0.717, 1.165) is 17.1 Å². The van der Waals surface area contributed by atoms with Gasteiger partial charge in [-0.2, -0.15) is 4.98 Å². The zero-order valence-corrected chi connectivity index (χ0v) is 9.84. The van der Waals surface area contributed by atoms with Gasteiger partial charge in [0.25, 0.3) is 0 Å². The number of furan rings is 1. The van der Waals surface area contributed by atoms with Crippen molar-refractivity contribution in [3.05, 3.63) is 35.9 Å². The van der Waals surface area contributed by atoms with Crippen molar-refractivity contribution >= 4 is 11.8 Å². The van der Waals surface area contributed by atoms with Gasteiger partial charge in [0.2, 0.25) is 5.95 Å². The number of rotatable bonds is 4. The van der Waals surface area contributed by atoms with E-state index in [9.17, 15) is 0 Å². The number of aryl methyl sites for hydroxylation is 1. The summed E-state index contributed by atoms with van der Waals surface area (Å²) in [5.74, 6) is 7.40. The lowest BCUT2D eigenvalue weighted by Gasteiger charge is -2.19. The summed E-state index contributed by atoms with van der Waals surface area (Å²) in [7, 11) is 1.94. The molecule has 3 N–H and O–H groups in total. The van der Waals surface area contributed by atoms with Crippen LogP contribution in [-0.4, -0.2) is 17.0 Å². The van der Waals surface area contributed by atoms with Crippen LogP contribution >= 0.6 is 0 Å². The first-order valence-electron chi connectivity index (χ1n) is 5.24. The van der Waals surface area contributed by atoms with Gasteiger partial charge in [-0.1, -0.05) is 0 Å². The molecule has 0 bridgehead atoms. The van der Waals surface area contributed by atoms with Gasteiger partial charge in [-0.25, -0.2) is 10.8 Å². The highest BCUT2D eigenvalue weighted by atomic mass is 16.3. The minimum absolute atomic E-state index is 0.400. The van der Waals surface area contributed by atoms with Gasteiger partial charge in [0.15, 0.2) is 0 Å². The number of nitrogens with zero attached hydrogens (tertiary/aromatic N) is 3. The molecular formula is C11H15N5O. The van der Waals surface area contributed by atoms with E-state index in [4.69, 9.17) is 10.3 Å². The van der Waals surface area contributed by atoms with Crippen LogP contribution in [0.1, 0.15) is 11.3 Å². The minimum Gasteiger partial charge on any atom is -0.467 e. The van der Waals surface area contributed by atoms with E-state index >= 15 is 0 Å². The number of hydrazine groups is 1. The number of nitrogen functional groups attached to an aromatic ring is 1. The predicted octanol–water partition coefficient (Wildman–Crippen LogP) is 1.30. The summed E-state index contributed by atoms with van der Waals surface area (Å²) in [6.07, 6.45) is 3.39.